The second kappa shape index (κ2) is 4.38. The van der Waals surface area contributed by atoms with E-state index in [9.17, 15) is 0 Å². The average molecular weight is 338 g/mol. The fourth-order valence-electron chi connectivity index (χ4n) is 3.36. The van der Waals surface area contributed by atoms with Crippen LogP contribution in [0.15, 0.2) is 16.6 Å². The number of ether oxygens (including phenoxy) is 2. The molecule has 0 atom stereocenters. The summed E-state index contributed by atoms with van der Waals surface area (Å²) in [6, 6.07) is 4.23. The molecule has 1 aromatic carbocycles. The standard InChI is InChI=1S/C16H20BrNO2/c17-12-7-11(16(18)3-1-2-4-16)8-13-14(12)20-10-15(5-6-15)9-19-13/h7-8H,1-6,9-10,18H2. The minimum atomic E-state index is -0.190. The van der Waals surface area contributed by atoms with Crippen molar-refractivity contribution >= 4 is 15.9 Å². The maximum atomic E-state index is 6.57. The molecule has 2 saturated carbocycles. The lowest BCUT2D eigenvalue weighted by Gasteiger charge is -2.25. The monoisotopic (exact) mass is 337 g/mol. The summed E-state index contributed by atoms with van der Waals surface area (Å²) < 4.78 is 13.0. The van der Waals surface area contributed by atoms with Crippen molar-refractivity contribution in [3.8, 4) is 11.5 Å². The van der Waals surface area contributed by atoms with Gasteiger partial charge in [-0.05, 0) is 59.3 Å². The molecular weight excluding hydrogens is 318 g/mol. The van der Waals surface area contributed by atoms with Gasteiger partial charge in [0.1, 0.15) is 0 Å². The molecule has 0 saturated heterocycles. The summed E-state index contributed by atoms with van der Waals surface area (Å²) in [5.74, 6) is 1.70. The molecule has 4 rings (SSSR count). The molecule has 2 fully saturated rings. The summed E-state index contributed by atoms with van der Waals surface area (Å²) >= 11 is 3.64. The van der Waals surface area contributed by atoms with Crippen molar-refractivity contribution in [1.82, 2.24) is 0 Å². The molecule has 1 spiro atoms. The van der Waals surface area contributed by atoms with Crippen LogP contribution in [0.25, 0.3) is 0 Å². The van der Waals surface area contributed by atoms with Crippen LogP contribution < -0.4 is 15.2 Å². The molecule has 0 amide bonds. The lowest BCUT2D eigenvalue weighted by molar-refractivity contribution is 0.196. The van der Waals surface area contributed by atoms with Crippen molar-refractivity contribution in [2.45, 2.75) is 44.1 Å². The summed E-state index contributed by atoms with van der Waals surface area (Å²) in [4.78, 5) is 0. The summed E-state index contributed by atoms with van der Waals surface area (Å²) in [5, 5.41) is 0. The molecule has 4 heteroatoms. The predicted molar refractivity (Wildman–Crippen MR) is 81.1 cm³/mol. The van der Waals surface area contributed by atoms with Gasteiger partial charge in [0, 0.05) is 11.0 Å². The van der Waals surface area contributed by atoms with E-state index in [4.69, 9.17) is 15.2 Å². The summed E-state index contributed by atoms with van der Waals surface area (Å²) in [7, 11) is 0. The third-order valence-corrected chi connectivity index (χ3v) is 5.68. The van der Waals surface area contributed by atoms with Crippen LogP contribution in [0.2, 0.25) is 0 Å². The van der Waals surface area contributed by atoms with Crippen LogP contribution in [0, 0.1) is 5.41 Å². The van der Waals surface area contributed by atoms with E-state index in [0.29, 0.717) is 0 Å². The maximum absolute atomic E-state index is 6.57. The van der Waals surface area contributed by atoms with Crippen LogP contribution in [0.5, 0.6) is 11.5 Å². The first kappa shape index (κ1) is 13.0. The van der Waals surface area contributed by atoms with E-state index in [1.54, 1.807) is 0 Å². The zero-order valence-electron chi connectivity index (χ0n) is 11.6. The summed E-state index contributed by atoms with van der Waals surface area (Å²) in [6.07, 6.45) is 6.97. The van der Waals surface area contributed by atoms with Crippen LogP contribution >= 0.6 is 15.9 Å². The lowest BCUT2D eigenvalue weighted by atomic mass is 9.89. The third kappa shape index (κ3) is 2.04. The smallest absolute Gasteiger partial charge is 0.175 e. The molecule has 3 nitrogen and oxygen atoms in total. The van der Waals surface area contributed by atoms with Gasteiger partial charge in [0.2, 0.25) is 0 Å². The Morgan fingerprint density at radius 2 is 1.70 bits per heavy atom. The molecule has 20 heavy (non-hydrogen) atoms. The average Bonchev–Trinajstić information content (AvgIpc) is 3.12. The van der Waals surface area contributed by atoms with Crippen molar-refractivity contribution in [2.75, 3.05) is 13.2 Å². The highest BCUT2D eigenvalue weighted by Crippen LogP contribution is 2.51. The highest BCUT2D eigenvalue weighted by Gasteiger charge is 2.46. The van der Waals surface area contributed by atoms with E-state index < -0.39 is 0 Å². The van der Waals surface area contributed by atoms with Crippen LogP contribution in [-0.4, -0.2) is 13.2 Å². The van der Waals surface area contributed by atoms with Gasteiger partial charge in [-0.2, -0.15) is 0 Å². The van der Waals surface area contributed by atoms with Crippen LogP contribution in [0.4, 0.5) is 0 Å². The SMILES string of the molecule is NC1(c2cc(Br)c3c(c2)OCC2(CC2)CO3)CCCC1. The molecular formula is C16H20BrNO2. The van der Waals surface area contributed by atoms with E-state index in [0.717, 1.165) is 42.0 Å². The summed E-state index contributed by atoms with van der Waals surface area (Å²) in [5.41, 5.74) is 7.83. The molecule has 2 N–H and O–H groups in total. The first-order chi connectivity index (χ1) is 9.60. The van der Waals surface area contributed by atoms with Gasteiger partial charge in [-0.1, -0.05) is 12.8 Å². The van der Waals surface area contributed by atoms with Crippen LogP contribution in [0.3, 0.4) is 0 Å². The molecule has 1 aliphatic heterocycles. The number of benzene rings is 1. The third-order valence-electron chi connectivity index (χ3n) is 5.09. The quantitative estimate of drug-likeness (QED) is 0.849. The fraction of sp³-hybridized carbons (Fsp3) is 0.625. The number of hydrogen-bond donors (Lipinski definition) is 1. The van der Waals surface area contributed by atoms with Crippen molar-refractivity contribution in [3.05, 3.63) is 22.2 Å². The van der Waals surface area contributed by atoms with Gasteiger partial charge in [-0.25, -0.2) is 0 Å². The van der Waals surface area contributed by atoms with E-state index >= 15 is 0 Å². The number of fused-ring (bicyclic) bond motifs is 1. The lowest BCUT2D eigenvalue weighted by Crippen LogP contribution is -2.33. The second-order valence-electron chi connectivity index (χ2n) is 6.73. The Morgan fingerprint density at radius 1 is 1.00 bits per heavy atom. The molecule has 0 radical (unpaired) electrons. The molecule has 108 valence electrons. The second-order valence-corrected chi connectivity index (χ2v) is 7.58. The van der Waals surface area contributed by atoms with Gasteiger partial charge in [0.15, 0.2) is 11.5 Å². The Morgan fingerprint density at radius 3 is 2.40 bits per heavy atom. The van der Waals surface area contributed by atoms with Gasteiger partial charge in [0.05, 0.1) is 17.7 Å². The van der Waals surface area contributed by atoms with Gasteiger partial charge >= 0.3 is 0 Å². The predicted octanol–water partition coefficient (Wildman–Crippen LogP) is 3.73. The molecule has 3 aliphatic rings. The number of halogens is 1. The normalized spacial score (nSPS) is 25.5. The number of hydrogen-bond acceptors (Lipinski definition) is 3. The zero-order chi connectivity index (χ0) is 13.8. The molecule has 1 aromatic rings. The highest BCUT2D eigenvalue weighted by molar-refractivity contribution is 9.10. The number of rotatable bonds is 1. The minimum absolute atomic E-state index is 0.190. The fourth-order valence-corrected chi connectivity index (χ4v) is 3.92. The molecule has 0 aromatic heterocycles. The molecule has 1 heterocycles. The maximum Gasteiger partial charge on any atom is 0.175 e. The largest absolute Gasteiger partial charge is 0.489 e. The Bertz CT molecular complexity index is 548. The van der Waals surface area contributed by atoms with Crippen molar-refractivity contribution in [3.63, 3.8) is 0 Å². The van der Waals surface area contributed by atoms with E-state index in [-0.39, 0.29) is 11.0 Å². The molecule has 0 unspecified atom stereocenters. The van der Waals surface area contributed by atoms with Gasteiger partial charge in [-0.15, -0.1) is 0 Å². The van der Waals surface area contributed by atoms with E-state index in [1.165, 1.54) is 31.2 Å². The van der Waals surface area contributed by atoms with Gasteiger partial charge in [-0.3, -0.25) is 0 Å². The summed E-state index contributed by atoms with van der Waals surface area (Å²) in [6.45, 7) is 1.54. The van der Waals surface area contributed by atoms with Crippen molar-refractivity contribution in [2.24, 2.45) is 11.1 Å². The van der Waals surface area contributed by atoms with Crippen LogP contribution in [-0.2, 0) is 5.54 Å². The topological polar surface area (TPSA) is 44.5 Å². The number of nitrogens with two attached hydrogens (primary N) is 1. The van der Waals surface area contributed by atoms with E-state index in [2.05, 4.69) is 28.1 Å². The van der Waals surface area contributed by atoms with Gasteiger partial charge in [0.25, 0.3) is 0 Å². The Hall–Kier alpha value is -0.740. The van der Waals surface area contributed by atoms with Crippen molar-refractivity contribution in [1.29, 1.82) is 0 Å². The molecule has 2 aliphatic carbocycles. The Kier molecular flexibility index (Phi) is 2.84. The first-order valence-electron chi connectivity index (χ1n) is 7.49. The zero-order valence-corrected chi connectivity index (χ0v) is 13.2. The van der Waals surface area contributed by atoms with Gasteiger partial charge < -0.3 is 15.2 Å². The Labute approximate surface area is 127 Å². The minimum Gasteiger partial charge on any atom is -0.489 e. The van der Waals surface area contributed by atoms with Crippen molar-refractivity contribution < 1.29 is 9.47 Å². The van der Waals surface area contributed by atoms with Crippen LogP contribution in [0.1, 0.15) is 44.1 Å². The van der Waals surface area contributed by atoms with E-state index in [1.807, 2.05) is 0 Å². The Balaban J connectivity index is 1.71. The highest BCUT2D eigenvalue weighted by atomic mass is 79.9. The first-order valence-corrected chi connectivity index (χ1v) is 8.28. The molecule has 0 bridgehead atoms.